The van der Waals surface area contributed by atoms with Gasteiger partial charge in [-0.25, -0.2) is 0 Å². The Labute approximate surface area is 244 Å². The lowest BCUT2D eigenvalue weighted by Gasteiger charge is -2.52. The van der Waals surface area contributed by atoms with Crippen molar-refractivity contribution in [3.63, 3.8) is 0 Å². The minimum atomic E-state index is -0.699. The van der Waals surface area contributed by atoms with Crippen LogP contribution < -0.4 is 10.1 Å². The van der Waals surface area contributed by atoms with Gasteiger partial charge in [0, 0.05) is 31.1 Å². The van der Waals surface area contributed by atoms with Crippen molar-refractivity contribution in [1.82, 2.24) is 15.1 Å². The second-order valence-electron chi connectivity index (χ2n) is 11.8. The summed E-state index contributed by atoms with van der Waals surface area (Å²) in [6.07, 6.45) is 12.4. The number of amides is 2. The van der Waals surface area contributed by atoms with Gasteiger partial charge in [0.05, 0.1) is 0 Å². The van der Waals surface area contributed by atoms with Gasteiger partial charge in [-0.15, -0.1) is 11.8 Å². The number of rotatable bonds is 10. The molecule has 1 atom stereocenters. The van der Waals surface area contributed by atoms with E-state index in [0.29, 0.717) is 25.3 Å². The number of piperidine rings is 1. The van der Waals surface area contributed by atoms with Gasteiger partial charge >= 0.3 is 0 Å². The van der Waals surface area contributed by atoms with E-state index in [1.807, 2.05) is 29.2 Å². The molecule has 7 heteroatoms. The summed E-state index contributed by atoms with van der Waals surface area (Å²) in [5.41, 5.74) is 0.524. The summed E-state index contributed by atoms with van der Waals surface area (Å²) in [4.78, 5) is 33.1. The molecule has 2 aromatic carbocycles. The zero-order chi connectivity index (χ0) is 28.0. The molecule has 2 saturated heterocycles. The van der Waals surface area contributed by atoms with Gasteiger partial charge in [0.1, 0.15) is 23.1 Å². The van der Waals surface area contributed by atoms with Crippen molar-refractivity contribution >= 4 is 23.6 Å². The molecule has 216 valence electrons. The molecule has 1 aliphatic carbocycles. The third-order valence-electron chi connectivity index (χ3n) is 9.15. The highest BCUT2D eigenvalue weighted by Crippen LogP contribution is 2.36. The van der Waals surface area contributed by atoms with E-state index >= 15 is 0 Å². The summed E-state index contributed by atoms with van der Waals surface area (Å²) < 4.78 is 6.02. The SMILES string of the molecule is CCCCN1C(=O)C(CC2CCCCC2)NC(=O)C12CCN(Cc1ccc(Oc3ccc(SC)cc3)cc1)CC2. The first-order valence-corrected chi connectivity index (χ1v) is 16.5. The lowest BCUT2D eigenvalue weighted by atomic mass is 9.79. The summed E-state index contributed by atoms with van der Waals surface area (Å²) in [6, 6.07) is 16.1. The van der Waals surface area contributed by atoms with E-state index in [0.717, 1.165) is 50.4 Å². The molecule has 0 radical (unpaired) electrons. The van der Waals surface area contributed by atoms with Crippen LogP contribution in [0, 0.1) is 5.92 Å². The number of ether oxygens (including phenoxy) is 1. The Balaban J connectivity index is 1.18. The van der Waals surface area contributed by atoms with Crippen LogP contribution in [-0.4, -0.2) is 59.1 Å². The fourth-order valence-corrected chi connectivity index (χ4v) is 7.12. The van der Waals surface area contributed by atoms with Crippen molar-refractivity contribution in [1.29, 1.82) is 0 Å². The first-order valence-electron chi connectivity index (χ1n) is 15.3. The van der Waals surface area contributed by atoms with Gasteiger partial charge in [0.2, 0.25) is 11.8 Å². The quantitative estimate of drug-likeness (QED) is 0.329. The van der Waals surface area contributed by atoms with Crippen molar-refractivity contribution in [2.24, 2.45) is 5.92 Å². The molecular weight excluding hydrogens is 518 g/mol. The molecule has 1 saturated carbocycles. The van der Waals surface area contributed by atoms with E-state index in [2.05, 4.69) is 47.7 Å². The number of piperazine rings is 1. The van der Waals surface area contributed by atoms with E-state index in [-0.39, 0.29) is 17.9 Å². The van der Waals surface area contributed by atoms with E-state index < -0.39 is 5.54 Å². The fourth-order valence-electron chi connectivity index (χ4n) is 6.71. The molecule has 6 nitrogen and oxygen atoms in total. The van der Waals surface area contributed by atoms with Crippen LogP contribution in [0.4, 0.5) is 0 Å². The van der Waals surface area contributed by atoms with Gasteiger partial charge in [0.25, 0.3) is 0 Å². The number of unbranched alkanes of at least 4 members (excludes halogenated alkanes) is 1. The molecule has 2 aromatic rings. The molecule has 2 heterocycles. The second kappa shape index (κ2) is 13.4. The average molecular weight is 564 g/mol. The highest BCUT2D eigenvalue weighted by atomic mass is 32.2. The summed E-state index contributed by atoms with van der Waals surface area (Å²) in [5.74, 6) is 2.46. The molecule has 1 spiro atoms. The highest BCUT2D eigenvalue weighted by Gasteiger charge is 2.53. The normalized spacial score (nSPS) is 21.9. The zero-order valence-electron chi connectivity index (χ0n) is 24.2. The van der Waals surface area contributed by atoms with Crippen molar-refractivity contribution in [2.75, 3.05) is 25.9 Å². The molecule has 0 bridgehead atoms. The van der Waals surface area contributed by atoms with Gasteiger partial charge < -0.3 is 15.0 Å². The average Bonchev–Trinajstić information content (AvgIpc) is 2.99. The van der Waals surface area contributed by atoms with E-state index in [9.17, 15) is 9.59 Å². The Kier molecular flexibility index (Phi) is 9.74. The second-order valence-corrected chi connectivity index (χ2v) is 12.7. The highest BCUT2D eigenvalue weighted by molar-refractivity contribution is 7.98. The largest absolute Gasteiger partial charge is 0.457 e. The summed E-state index contributed by atoms with van der Waals surface area (Å²) in [6.45, 7) is 5.27. The summed E-state index contributed by atoms with van der Waals surface area (Å²) in [5, 5.41) is 3.21. The topological polar surface area (TPSA) is 61.9 Å². The monoisotopic (exact) mass is 563 g/mol. The molecule has 1 N–H and O–H groups in total. The van der Waals surface area contributed by atoms with Crippen LogP contribution in [0.3, 0.4) is 0 Å². The van der Waals surface area contributed by atoms with Crippen LogP contribution in [-0.2, 0) is 16.1 Å². The number of hydrogen-bond donors (Lipinski definition) is 1. The molecule has 40 heavy (non-hydrogen) atoms. The predicted molar refractivity (Wildman–Crippen MR) is 162 cm³/mol. The van der Waals surface area contributed by atoms with Crippen LogP contribution in [0.2, 0.25) is 0 Å². The van der Waals surface area contributed by atoms with Gasteiger partial charge in [-0.2, -0.15) is 0 Å². The molecule has 1 unspecified atom stereocenters. The fraction of sp³-hybridized carbons (Fsp3) is 0.576. The number of nitrogens with one attached hydrogen (secondary N) is 1. The van der Waals surface area contributed by atoms with Crippen LogP contribution in [0.5, 0.6) is 11.5 Å². The van der Waals surface area contributed by atoms with Crippen molar-refractivity contribution in [3.05, 3.63) is 54.1 Å². The van der Waals surface area contributed by atoms with E-state index in [1.54, 1.807) is 11.8 Å². The molecule has 3 aliphatic rings. The molecule has 0 aromatic heterocycles. The van der Waals surface area contributed by atoms with Gasteiger partial charge in [-0.1, -0.05) is 57.6 Å². The first kappa shape index (κ1) is 29.0. The zero-order valence-corrected chi connectivity index (χ0v) is 25.0. The predicted octanol–water partition coefficient (Wildman–Crippen LogP) is 6.63. The van der Waals surface area contributed by atoms with Crippen molar-refractivity contribution in [3.8, 4) is 11.5 Å². The molecule has 2 amide bonds. The Hall–Kier alpha value is -2.51. The van der Waals surface area contributed by atoms with Crippen molar-refractivity contribution < 1.29 is 14.3 Å². The number of carbonyl (C=O) groups excluding carboxylic acids is 2. The third kappa shape index (κ3) is 6.68. The van der Waals surface area contributed by atoms with Gasteiger partial charge in [0.15, 0.2) is 0 Å². The summed E-state index contributed by atoms with van der Waals surface area (Å²) >= 11 is 1.72. The third-order valence-corrected chi connectivity index (χ3v) is 9.89. The standard InChI is InChI=1S/C33H45N3O3S/c1-3-4-20-36-31(37)30(23-25-8-6-5-7-9-25)34-32(38)33(36)18-21-35(22-19-33)24-26-10-12-27(13-11-26)39-28-14-16-29(40-2)17-15-28/h10-17,25,30H,3-9,18-24H2,1-2H3,(H,34,38). The minimum absolute atomic E-state index is 0.0794. The molecule has 2 aliphatic heterocycles. The number of carbonyl (C=O) groups is 2. The minimum Gasteiger partial charge on any atom is -0.457 e. The maximum absolute atomic E-state index is 13.8. The number of thioether (sulfide) groups is 1. The first-order chi connectivity index (χ1) is 19.5. The van der Waals surface area contributed by atoms with Crippen LogP contribution >= 0.6 is 11.8 Å². The molecule has 5 rings (SSSR count). The Morgan fingerprint density at radius 1 is 0.950 bits per heavy atom. The van der Waals surface area contributed by atoms with Crippen LogP contribution in [0.25, 0.3) is 0 Å². The maximum Gasteiger partial charge on any atom is 0.246 e. The van der Waals surface area contributed by atoms with Crippen LogP contribution in [0.15, 0.2) is 53.4 Å². The lowest BCUT2D eigenvalue weighted by molar-refractivity contribution is -0.162. The van der Waals surface area contributed by atoms with E-state index in [4.69, 9.17) is 4.74 Å². The van der Waals surface area contributed by atoms with Gasteiger partial charge in [-0.3, -0.25) is 14.5 Å². The molecular formula is C33H45N3O3S. The maximum atomic E-state index is 13.8. The smallest absolute Gasteiger partial charge is 0.246 e. The number of nitrogens with zero attached hydrogens (tertiary/aromatic N) is 2. The Morgan fingerprint density at radius 3 is 2.23 bits per heavy atom. The molecule has 3 fully saturated rings. The van der Waals surface area contributed by atoms with E-state index in [1.165, 1.54) is 42.6 Å². The van der Waals surface area contributed by atoms with Crippen LogP contribution in [0.1, 0.15) is 76.7 Å². The van der Waals surface area contributed by atoms with Gasteiger partial charge in [-0.05, 0) is 79.8 Å². The lowest BCUT2D eigenvalue weighted by Crippen LogP contribution is -2.73. The number of benzene rings is 2. The Bertz CT molecular complexity index is 1120. The number of hydrogen-bond acceptors (Lipinski definition) is 5. The Morgan fingerprint density at radius 2 is 1.60 bits per heavy atom. The number of likely N-dealkylation sites (tertiary alicyclic amines) is 1. The summed E-state index contributed by atoms with van der Waals surface area (Å²) in [7, 11) is 0. The van der Waals surface area contributed by atoms with Crippen molar-refractivity contribution in [2.45, 2.75) is 94.2 Å².